The Morgan fingerprint density at radius 1 is 1.18 bits per heavy atom. The zero-order valence-corrected chi connectivity index (χ0v) is 12.4. The molecule has 0 saturated carbocycles. The van der Waals surface area contributed by atoms with Crippen LogP contribution in [0.2, 0.25) is 5.02 Å². The van der Waals surface area contributed by atoms with Gasteiger partial charge in [0.25, 0.3) is 0 Å². The minimum absolute atomic E-state index is 0.503. The Balaban J connectivity index is 2.33. The average Bonchev–Trinajstić information content (AvgIpc) is 2.29. The highest BCUT2D eigenvalue weighted by Gasteiger charge is 2.07. The fourth-order valence-electron chi connectivity index (χ4n) is 1.86. The molecular weight excluding hydrogens is 250 g/mol. The van der Waals surface area contributed by atoms with Crippen LogP contribution in [0.5, 0.6) is 0 Å². The molecule has 3 heteroatoms. The zero-order valence-electron chi connectivity index (χ0n) is 10.9. The fraction of sp³-hybridized carbons (Fsp3) is 0.571. The number of thioether (sulfide) groups is 1. The molecule has 1 aromatic rings. The van der Waals surface area contributed by atoms with Crippen LogP contribution in [0.15, 0.2) is 24.3 Å². The van der Waals surface area contributed by atoms with Gasteiger partial charge < -0.3 is 5.32 Å². The van der Waals surface area contributed by atoms with Crippen molar-refractivity contribution < 1.29 is 0 Å². The third kappa shape index (κ3) is 6.35. The van der Waals surface area contributed by atoms with Gasteiger partial charge in [0.2, 0.25) is 0 Å². The van der Waals surface area contributed by atoms with E-state index < -0.39 is 0 Å². The summed E-state index contributed by atoms with van der Waals surface area (Å²) >= 11 is 7.86. The number of hydrogen-bond donors (Lipinski definition) is 1. The Hall–Kier alpha value is -0.180. The highest BCUT2D eigenvalue weighted by molar-refractivity contribution is 7.99. The molecule has 0 aliphatic carbocycles. The van der Waals surface area contributed by atoms with Gasteiger partial charge >= 0.3 is 0 Å². The third-order valence-corrected chi connectivity index (χ3v) is 3.99. The average molecular weight is 272 g/mol. The maximum atomic E-state index is 5.87. The summed E-state index contributed by atoms with van der Waals surface area (Å²) in [4.78, 5) is 0. The monoisotopic (exact) mass is 271 g/mol. The van der Waals surface area contributed by atoms with Gasteiger partial charge in [-0.25, -0.2) is 0 Å². The topological polar surface area (TPSA) is 12.0 Å². The van der Waals surface area contributed by atoms with Crippen LogP contribution in [0.3, 0.4) is 0 Å². The van der Waals surface area contributed by atoms with Crippen molar-refractivity contribution in [2.24, 2.45) is 0 Å². The van der Waals surface area contributed by atoms with E-state index in [4.69, 9.17) is 11.6 Å². The fourth-order valence-corrected chi connectivity index (χ4v) is 2.67. The molecule has 0 aliphatic heterocycles. The molecule has 0 bridgehead atoms. The summed E-state index contributed by atoms with van der Waals surface area (Å²) in [5.74, 6) is 2.37. The number of hydrogen-bond acceptors (Lipinski definition) is 2. The maximum absolute atomic E-state index is 5.87. The van der Waals surface area contributed by atoms with Gasteiger partial charge in [-0.05, 0) is 43.7 Å². The van der Waals surface area contributed by atoms with Crippen molar-refractivity contribution in [3.8, 4) is 0 Å². The zero-order chi connectivity index (χ0) is 12.7. The molecule has 1 N–H and O–H groups in total. The summed E-state index contributed by atoms with van der Waals surface area (Å²) in [7, 11) is 0. The molecule has 0 aromatic heterocycles. The number of benzene rings is 1. The smallest absolute Gasteiger partial charge is 0.0406 e. The molecule has 1 nitrogen and oxygen atoms in total. The van der Waals surface area contributed by atoms with E-state index >= 15 is 0 Å². The van der Waals surface area contributed by atoms with Gasteiger partial charge in [-0.2, -0.15) is 11.8 Å². The summed E-state index contributed by atoms with van der Waals surface area (Å²) < 4.78 is 0. The molecule has 2 atom stereocenters. The molecule has 0 fully saturated rings. The van der Waals surface area contributed by atoms with Crippen LogP contribution in [0, 0.1) is 0 Å². The predicted molar refractivity (Wildman–Crippen MR) is 80.2 cm³/mol. The molecule has 96 valence electrons. The Morgan fingerprint density at radius 3 is 2.41 bits per heavy atom. The van der Waals surface area contributed by atoms with Crippen molar-refractivity contribution >= 4 is 23.4 Å². The van der Waals surface area contributed by atoms with Gasteiger partial charge in [-0.15, -0.1) is 0 Å². The lowest BCUT2D eigenvalue weighted by Crippen LogP contribution is -2.37. The molecule has 17 heavy (non-hydrogen) atoms. The van der Waals surface area contributed by atoms with E-state index in [1.807, 2.05) is 23.9 Å². The lowest BCUT2D eigenvalue weighted by molar-refractivity contribution is 0.492. The van der Waals surface area contributed by atoms with Crippen LogP contribution in [0.1, 0.15) is 26.3 Å². The SMILES string of the molecule is CCSCC(C)NC(C)Cc1ccc(Cl)cc1. The molecule has 0 radical (unpaired) electrons. The minimum Gasteiger partial charge on any atom is -0.311 e. The Labute approximate surface area is 114 Å². The lowest BCUT2D eigenvalue weighted by atomic mass is 10.1. The molecule has 1 aromatic carbocycles. The predicted octanol–water partition coefficient (Wildman–Crippen LogP) is 4.00. The summed E-state index contributed by atoms with van der Waals surface area (Å²) in [5, 5.41) is 4.43. The number of nitrogens with one attached hydrogen (secondary N) is 1. The first-order valence-corrected chi connectivity index (χ1v) is 7.73. The van der Waals surface area contributed by atoms with Crippen LogP contribution in [-0.4, -0.2) is 23.6 Å². The molecular formula is C14H22ClNS. The van der Waals surface area contributed by atoms with E-state index in [9.17, 15) is 0 Å². The molecule has 0 saturated heterocycles. The molecule has 0 aliphatic rings. The summed E-state index contributed by atoms with van der Waals surface area (Å²) in [6, 6.07) is 9.20. The maximum Gasteiger partial charge on any atom is 0.0406 e. The van der Waals surface area contributed by atoms with Crippen LogP contribution < -0.4 is 5.32 Å². The molecule has 0 heterocycles. The van der Waals surface area contributed by atoms with Gasteiger partial charge in [0, 0.05) is 22.9 Å². The van der Waals surface area contributed by atoms with E-state index in [-0.39, 0.29) is 0 Å². The molecule has 0 spiro atoms. The Kier molecular flexibility index (Phi) is 7.02. The van der Waals surface area contributed by atoms with E-state index in [2.05, 4.69) is 38.2 Å². The highest BCUT2D eigenvalue weighted by Crippen LogP contribution is 2.11. The van der Waals surface area contributed by atoms with Crippen molar-refractivity contribution in [1.29, 1.82) is 0 Å². The Bertz CT molecular complexity index is 313. The first-order valence-electron chi connectivity index (χ1n) is 6.20. The highest BCUT2D eigenvalue weighted by atomic mass is 35.5. The van der Waals surface area contributed by atoms with Crippen LogP contribution >= 0.6 is 23.4 Å². The van der Waals surface area contributed by atoms with Gasteiger partial charge in [0.1, 0.15) is 0 Å². The quantitative estimate of drug-likeness (QED) is 0.804. The van der Waals surface area contributed by atoms with Crippen molar-refractivity contribution in [2.45, 2.75) is 39.3 Å². The third-order valence-electron chi connectivity index (χ3n) is 2.60. The Morgan fingerprint density at radius 2 is 1.82 bits per heavy atom. The number of halogens is 1. The van der Waals surface area contributed by atoms with Crippen molar-refractivity contribution in [2.75, 3.05) is 11.5 Å². The van der Waals surface area contributed by atoms with E-state index in [1.165, 1.54) is 17.1 Å². The van der Waals surface area contributed by atoms with E-state index in [0.717, 1.165) is 11.4 Å². The van der Waals surface area contributed by atoms with Crippen LogP contribution in [0.4, 0.5) is 0 Å². The lowest BCUT2D eigenvalue weighted by Gasteiger charge is -2.19. The first-order chi connectivity index (χ1) is 8.11. The second-order valence-corrected chi connectivity index (χ2v) is 6.21. The van der Waals surface area contributed by atoms with Gasteiger partial charge in [-0.1, -0.05) is 30.7 Å². The van der Waals surface area contributed by atoms with Crippen molar-refractivity contribution in [1.82, 2.24) is 5.32 Å². The van der Waals surface area contributed by atoms with E-state index in [1.54, 1.807) is 0 Å². The normalized spacial score (nSPS) is 14.6. The summed E-state index contributed by atoms with van der Waals surface area (Å²) in [5.41, 5.74) is 1.34. The van der Waals surface area contributed by atoms with Gasteiger partial charge in [0.15, 0.2) is 0 Å². The number of rotatable bonds is 7. The van der Waals surface area contributed by atoms with E-state index in [0.29, 0.717) is 12.1 Å². The van der Waals surface area contributed by atoms with Crippen molar-refractivity contribution in [3.63, 3.8) is 0 Å². The van der Waals surface area contributed by atoms with Crippen molar-refractivity contribution in [3.05, 3.63) is 34.9 Å². The van der Waals surface area contributed by atoms with Gasteiger partial charge in [0.05, 0.1) is 0 Å². The second kappa shape index (κ2) is 8.02. The van der Waals surface area contributed by atoms with Crippen LogP contribution in [0.25, 0.3) is 0 Å². The standard InChI is InChI=1S/C14H22ClNS/c1-4-17-10-12(3)16-11(2)9-13-5-7-14(15)8-6-13/h5-8,11-12,16H,4,9-10H2,1-3H3. The summed E-state index contributed by atoms with van der Waals surface area (Å²) in [6.07, 6.45) is 1.05. The summed E-state index contributed by atoms with van der Waals surface area (Å²) in [6.45, 7) is 6.69. The first kappa shape index (κ1) is 14.9. The van der Waals surface area contributed by atoms with Crippen LogP contribution in [-0.2, 0) is 6.42 Å². The molecule has 1 rings (SSSR count). The second-order valence-electron chi connectivity index (χ2n) is 4.46. The molecule has 2 unspecified atom stereocenters. The minimum atomic E-state index is 0.503. The van der Waals surface area contributed by atoms with Gasteiger partial charge in [-0.3, -0.25) is 0 Å². The molecule has 0 amide bonds. The largest absolute Gasteiger partial charge is 0.311 e.